The van der Waals surface area contributed by atoms with Crippen LogP contribution in [-0.4, -0.2) is 34.9 Å². The van der Waals surface area contributed by atoms with Crippen LogP contribution in [0.25, 0.3) is 0 Å². The van der Waals surface area contributed by atoms with Gasteiger partial charge in [-0.15, -0.1) is 0 Å². The third kappa shape index (κ3) is 2.09. The number of esters is 1. The average molecular weight is 223 g/mol. The maximum absolute atomic E-state index is 11.6. The summed E-state index contributed by atoms with van der Waals surface area (Å²) in [6.07, 6.45) is 6.49. The van der Waals surface area contributed by atoms with Gasteiger partial charge in [0.05, 0.1) is 13.7 Å². The lowest BCUT2D eigenvalue weighted by Gasteiger charge is -2.39. The first-order valence-corrected chi connectivity index (χ1v) is 5.58. The SMILES string of the molecule is COC(=O)C1(NCCn2cccn2)CCC1. The molecule has 5 nitrogen and oxygen atoms in total. The molecule has 5 heteroatoms. The van der Waals surface area contributed by atoms with Crippen molar-refractivity contribution in [3.8, 4) is 0 Å². The normalized spacial score (nSPS) is 17.8. The van der Waals surface area contributed by atoms with Crippen molar-refractivity contribution in [3.63, 3.8) is 0 Å². The van der Waals surface area contributed by atoms with Crippen molar-refractivity contribution in [1.82, 2.24) is 15.1 Å². The number of ether oxygens (including phenoxy) is 1. The molecule has 1 heterocycles. The molecule has 1 fully saturated rings. The van der Waals surface area contributed by atoms with E-state index in [1.807, 2.05) is 16.9 Å². The van der Waals surface area contributed by atoms with E-state index in [9.17, 15) is 4.79 Å². The zero-order chi connectivity index (χ0) is 11.4. The second-order valence-electron chi connectivity index (χ2n) is 4.12. The Labute approximate surface area is 94.8 Å². The number of hydrogen-bond donors (Lipinski definition) is 1. The topological polar surface area (TPSA) is 56.1 Å². The molecule has 1 saturated carbocycles. The quantitative estimate of drug-likeness (QED) is 0.741. The van der Waals surface area contributed by atoms with Crippen LogP contribution in [0.5, 0.6) is 0 Å². The van der Waals surface area contributed by atoms with Gasteiger partial charge >= 0.3 is 5.97 Å². The number of aromatic nitrogens is 2. The third-order valence-electron chi connectivity index (χ3n) is 3.15. The molecule has 0 atom stereocenters. The number of nitrogens with one attached hydrogen (secondary N) is 1. The van der Waals surface area contributed by atoms with E-state index in [0.717, 1.165) is 32.4 Å². The molecule has 1 aliphatic rings. The van der Waals surface area contributed by atoms with E-state index in [1.54, 1.807) is 6.20 Å². The molecule has 1 N–H and O–H groups in total. The zero-order valence-corrected chi connectivity index (χ0v) is 9.48. The maximum atomic E-state index is 11.6. The van der Waals surface area contributed by atoms with Crippen LogP contribution in [0, 0.1) is 0 Å². The molecule has 0 amide bonds. The monoisotopic (exact) mass is 223 g/mol. The molecule has 1 aromatic heterocycles. The highest BCUT2D eigenvalue weighted by Gasteiger charge is 2.44. The third-order valence-corrected chi connectivity index (χ3v) is 3.15. The Morgan fingerprint density at radius 3 is 2.94 bits per heavy atom. The van der Waals surface area contributed by atoms with Crippen LogP contribution in [0.15, 0.2) is 18.5 Å². The van der Waals surface area contributed by atoms with E-state index < -0.39 is 5.54 Å². The molecule has 0 bridgehead atoms. The summed E-state index contributed by atoms with van der Waals surface area (Å²) >= 11 is 0. The maximum Gasteiger partial charge on any atom is 0.326 e. The Morgan fingerprint density at radius 2 is 2.44 bits per heavy atom. The predicted molar refractivity (Wildman–Crippen MR) is 58.8 cm³/mol. The minimum Gasteiger partial charge on any atom is -0.468 e. The van der Waals surface area contributed by atoms with Crippen molar-refractivity contribution in [2.45, 2.75) is 31.3 Å². The van der Waals surface area contributed by atoms with Crippen molar-refractivity contribution >= 4 is 5.97 Å². The molecule has 2 rings (SSSR count). The van der Waals surface area contributed by atoms with Gasteiger partial charge in [0, 0.05) is 18.9 Å². The van der Waals surface area contributed by atoms with Gasteiger partial charge in [-0.1, -0.05) is 0 Å². The molecule has 0 unspecified atom stereocenters. The predicted octanol–water partition coefficient (Wildman–Crippen LogP) is 0.568. The van der Waals surface area contributed by atoms with Gasteiger partial charge in [-0.2, -0.15) is 5.10 Å². The number of carbonyl (C=O) groups excluding carboxylic acids is 1. The van der Waals surface area contributed by atoms with Crippen LogP contribution in [0.1, 0.15) is 19.3 Å². The van der Waals surface area contributed by atoms with Gasteiger partial charge in [0.15, 0.2) is 0 Å². The molecule has 0 saturated heterocycles. The molecule has 0 aromatic carbocycles. The number of rotatable bonds is 5. The molecule has 16 heavy (non-hydrogen) atoms. The molecule has 1 aliphatic carbocycles. The van der Waals surface area contributed by atoms with Crippen molar-refractivity contribution in [2.75, 3.05) is 13.7 Å². The largest absolute Gasteiger partial charge is 0.468 e. The van der Waals surface area contributed by atoms with Crippen LogP contribution in [0.4, 0.5) is 0 Å². The first kappa shape index (κ1) is 11.1. The van der Waals surface area contributed by atoms with Crippen LogP contribution in [0.3, 0.4) is 0 Å². The Morgan fingerprint density at radius 1 is 1.62 bits per heavy atom. The van der Waals surface area contributed by atoms with Crippen molar-refractivity contribution in [1.29, 1.82) is 0 Å². The molecule has 88 valence electrons. The van der Waals surface area contributed by atoms with Crippen LogP contribution < -0.4 is 5.32 Å². The number of methoxy groups -OCH3 is 1. The minimum atomic E-state index is -0.429. The van der Waals surface area contributed by atoms with Crippen LogP contribution >= 0.6 is 0 Å². The molecular formula is C11H17N3O2. The lowest BCUT2D eigenvalue weighted by atomic mass is 9.77. The van der Waals surface area contributed by atoms with Crippen molar-refractivity contribution < 1.29 is 9.53 Å². The summed E-state index contributed by atoms with van der Waals surface area (Å²) in [6, 6.07) is 1.89. The Kier molecular flexibility index (Phi) is 3.24. The van der Waals surface area contributed by atoms with Gasteiger partial charge in [-0.25, -0.2) is 0 Å². The van der Waals surface area contributed by atoms with Gasteiger partial charge in [0.2, 0.25) is 0 Å². The minimum absolute atomic E-state index is 0.140. The first-order valence-electron chi connectivity index (χ1n) is 5.58. The molecule has 0 spiro atoms. The van der Waals surface area contributed by atoms with E-state index in [1.165, 1.54) is 7.11 Å². The zero-order valence-electron chi connectivity index (χ0n) is 9.48. The van der Waals surface area contributed by atoms with E-state index >= 15 is 0 Å². The van der Waals surface area contributed by atoms with E-state index in [2.05, 4.69) is 10.4 Å². The van der Waals surface area contributed by atoms with E-state index in [0.29, 0.717) is 0 Å². The first-order chi connectivity index (χ1) is 7.77. The van der Waals surface area contributed by atoms with Crippen molar-refractivity contribution in [2.24, 2.45) is 0 Å². The fourth-order valence-corrected chi connectivity index (χ4v) is 2.02. The average Bonchev–Trinajstić information content (AvgIpc) is 2.74. The highest BCUT2D eigenvalue weighted by atomic mass is 16.5. The standard InChI is InChI=1S/C11H17N3O2/c1-16-10(15)11(4-2-5-11)12-7-9-14-8-3-6-13-14/h3,6,8,12H,2,4-5,7,9H2,1H3. The second kappa shape index (κ2) is 4.65. The summed E-state index contributed by atoms with van der Waals surface area (Å²) in [5, 5.41) is 7.39. The molecule has 1 aromatic rings. The van der Waals surface area contributed by atoms with Gasteiger partial charge in [0.1, 0.15) is 5.54 Å². The van der Waals surface area contributed by atoms with Gasteiger partial charge in [0.25, 0.3) is 0 Å². The number of carbonyl (C=O) groups is 1. The summed E-state index contributed by atoms with van der Waals surface area (Å²) in [5.74, 6) is -0.140. The molecule has 0 aliphatic heterocycles. The summed E-state index contributed by atoms with van der Waals surface area (Å²) < 4.78 is 6.67. The highest BCUT2D eigenvalue weighted by Crippen LogP contribution is 2.32. The Hall–Kier alpha value is -1.36. The van der Waals surface area contributed by atoms with E-state index in [-0.39, 0.29) is 5.97 Å². The van der Waals surface area contributed by atoms with E-state index in [4.69, 9.17) is 4.74 Å². The fraction of sp³-hybridized carbons (Fsp3) is 0.636. The highest BCUT2D eigenvalue weighted by molar-refractivity contribution is 5.81. The second-order valence-corrected chi connectivity index (χ2v) is 4.12. The van der Waals surface area contributed by atoms with Gasteiger partial charge in [-0.3, -0.25) is 9.48 Å². The van der Waals surface area contributed by atoms with Crippen molar-refractivity contribution in [3.05, 3.63) is 18.5 Å². The molecular weight excluding hydrogens is 206 g/mol. The summed E-state index contributed by atoms with van der Waals surface area (Å²) in [7, 11) is 1.44. The van der Waals surface area contributed by atoms with Gasteiger partial charge in [-0.05, 0) is 25.3 Å². The fourth-order valence-electron chi connectivity index (χ4n) is 2.02. The summed E-state index contributed by atoms with van der Waals surface area (Å²) in [5.41, 5.74) is -0.429. The molecule has 0 radical (unpaired) electrons. The summed E-state index contributed by atoms with van der Waals surface area (Å²) in [4.78, 5) is 11.6. The lowest BCUT2D eigenvalue weighted by Crippen LogP contribution is -2.58. The summed E-state index contributed by atoms with van der Waals surface area (Å²) in [6.45, 7) is 1.50. The van der Waals surface area contributed by atoms with Gasteiger partial charge < -0.3 is 10.1 Å². The number of nitrogens with zero attached hydrogens (tertiary/aromatic N) is 2. The Balaban J connectivity index is 1.81. The number of hydrogen-bond acceptors (Lipinski definition) is 4. The smallest absolute Gasteiger partial charge is 0.326 e. The van der Waals surface area contributed by atoms with Crippen LogP contribution in [-0.2, 0) is 16.1 Å². The van der Waals surface area contributed by atoms with Crippen LogP contribution in [0.2, 0.25) is 0 Å². The lowest BCUT2D eigenvalue weighted by molar-refractivity contribution is -0.152. The Bertz CT molecular complexity index is 344.